The van der Waals surface area contributed by atoms with E-state index >= 15 is 0 Å². The van der Waals surface area contributed by atoms with Crippen molar-refractivity contribution in [3.8, 4) is 0 Å². The first-order chi connectivity index (χ1) is 9.39. The zero-order valence-corrected chi connectivity index (χ0v) is 14.1. The topological polar surface area (TPSA) is 52.6 Å². The Hall–Kier alpha value is -0.360. The van der Waals surface area contributed by atoms with Crippen LogP contribution in [0.15, 0.2) is 0 Å². The highest BCUT2D eigenvalue weighted by molar-refractivity contribution is 8.77. The van der Waals surface area contributed by atoms with Gasteiger partial charge in [0.15, 0.2) is 0 Å². The SMILES string of the molecule is CC(C)(C)C(=O)OCOC(=O)CCCCC1CCSS1. The summed E-state index contributed by atoms with van der Waals surface area (Å²) in [6.07, 6.45) is 4.74. The van der Waals surface area contributed by atoms with Gasteiger partial charge >= 0.3 is 11.9 Å². The molecule has 1 heterocycles. The normalized spacial score (nSPS) is 18.9. The summed E-state index contributed by atoms with van der Waals surface area (Å²) in [5.74, 6) is 0.595. The molecule has 1 unspecified atom stereocenters. The van der Waals surface area contributed by atoms with Gasteiger partial charge in [-0.15, -0.1) is 0 Å². The van der Waals surface area contributed by atoms with Gasteiger partial charge in [0.2, 0.25) is 6.79 Å². The molecule has 0 aliphatic carbocycles. The molecule has 1 fully saturated rings. The van der Waals surface area contributed by atoms with Gasteiger partial charge in [-0.1, -0.05) is 28.0 Å². The Bertz CT molecular complexity index is 320. The fourth-order valence-corrected chi connectivity index (χ4v) is 4.67. The van der Waals surface area contributed by atoms with Crippen molar-refractivity contribution in [3.63, 3.8) is 0 Å². The first-order valence-corrected chi connectivity index (χ1v) is 9.39. The van der Waals surface area contributed by atoms with Crippen molar-refractivity contribution in [1.29, 1.82) is 0 Å². The molecule has 0 amide bonds. The minimum atomic E-state index is -0.566. The summed E-state index contributed by atoms with van der Waals surface area (Å²) in [5, 5.41) is 0.753. The lowest BCUT2D eigenvalue weighted by Crippen LogP contribution is -2.24. The molecule has 0 aromatic heterocycles. The molecule has 1 saturated heterocycles. The highest BCUT2D eigenvalue weighted by Gasteiger charge is 2.23. The van der Waals surface area contributed by atoms with E-state index in [1.165, 1.54) is 18.6 Å². The summed E-state index contributed by atoms with van der Waals surface area (Å²) >= 11 is 0. The lowest BCUT2D eigenvalue weighted by Gasteiger charge is -2.16. The average Bonchev–Trinajstić information content (AvgIpc) is 2.86. The van der Waals surface area contributed by atoms with Crippen molar-refractivity contribution in [3.05, 3.63) is 0 Å². The highest BCUT2D eigenvalue weighted by Crippen LogP contribution is 2.39. The molecule has 116 valence electrons. The summed E-state index contributed by atoms with van der Waals surface area (Å²) in [7, 11) is 3.90. The fraction of sp³-hybridized carbons (Fsp3) is 0.857. The number of hydrogen-bond acceptors (Lipinski definition) is 6. The largest absolute Gasteiger partial charge is 0.428 e. The summed E-state index contributed by atoms with van der Waals surface area (Å²) in [4.78, 5) is 22.9. The Morgan fingerprint density at radius 2 is 1.95 bits per heavy atom. The third-order valence-electron chi connectivity index (χ3n) is 2.91. The zero-order valence-electron chi connectivity index (χ0n) is 12.5. The maximum Gasteiger partial charge on any atom is 0.314 e. The van der Waals surface area contributed by atoms with Crippen molar-refractivity contribution in [1.82, 2.24) is 0 Å². The van der Waals surface area contributed by atoms with E-state index in [1.807, 2.05) is 21.6 Å². The molecule has 20 heavy (non-hydrogen) atoms. The average molecular weight is 320 g/mol. The first-order valence-electron chi connectivity index (χ1n) is 7.00. The Morgan fingerprint density at radius 1 is 1.20 bits per heavy atom. The van der Waals surface area contributed by atoms with Crippen LogP contribution < -0.4 is 0 Å². The van der Waals surface area contributed by atoms with Crippen molar-refractivity contribution in [2.45, 2.75) is 58.1 Å². The van der Waals surface area contributed by atoms with Crippen LogP contribution in [0.4, 0.5) is 0 Å². The van der Waals surface area contributed by atoms with Crippen molar-refractivity contribution < 1.29 is 19.1 Å². The second kappa shape index (κ2) is 8.82. The fourth-order valence-electron chi connectivity index (χ4n) is 1.64. The van der Waals surface area contributed by atoms with Gasteiger partial charge in [0, 0.05) is 17.4 Å². The third-order valence-corrected chi connectivity index (χ3v) is 5.91. The van der Waals surface area contributed by atoms with Crippen molar-refractivity contribution >= 4 is 33.5 Å². The van der Waals surface area contributed by atoms with Crippen LogP contribution in [-0.4, -0.2) is 29.7 Å². The molecule has 1 aliphatic heterocycles. The number of hydrogen-bond donors (Lipinski definition) is 0. The van der Waals surface area contributed by atoms with Gasteiger partial charge in [-0.25, -0.2) is 0 Å². The van der Waals surface area contributed by atoms with E-state index in [4.69, 9.17) is 9.47 Å². The van der Waals surface area contributed by atoms with E-state index in [9.17, 15) is 9.59 Å². The van der Waals surface area contributed by atoms with Gasteiger partial charge in [0.05, 0.1) is 5.41 Å². The predicted molar refractivity (Wildman–Crippen MR) is 83.4 cm³/mol. The molecule has 0 N–H and O–H groups in total. The Kier molecular flexibility index (Phi) is 7.80. The van der Waals surface area contributed by atoms with Crippen LogP contribution in [0, 0.1) is 5.41 Å². The first kappa shape index (κ1) is 17.7. The second-order valence-electron chi connectivity index (χ2n) is 5.89. The molecule has 0 aromatic carbocycles. The van der Waals surface area contributed by atoms with Crippen molar-refractivity contribution in [2.75, 3.05) is 12.5 Å². The van der Waals surface area contributed by atoms with Gasteiger partial charge in [-0.2, -0.15) is 0 Å². The van der Waals surface area contributed by atoms with Gasteiger partial charge in [0.25, 0.3) is 0 Å². The van der Waals surface area contributed by atoms with Crippen LogP contribution in [0.1, 0.15) is 52.9 Å². The molecule has 0 spiro atoms. The Balaban J connectivity index is 1.98. The number of carbonyl (C=O) groups is 2. The van der Waals surface area contributed by atoms with E-state index < -0.39 is 5.41 Å². The predicted octanol–water partition coefficient (Wildman–Crippen LogP) is 3.79. The molecule has 4 nitrogen and oxygen atoms in total. The van der Waals surface area contributed by atoms with Crippen LogP contribution >= 0.6 is 21.6 Å². The van der Waals surface area contributed by atoms with Crippen molar-refractivity contribution in [2.24, 2.45) is 5.41 Å². The molecule has 1 atom stereocenters. The number of esters is 2. The van der Waals surface area contributed by atoms with Crippen LogP contribution in [0.5, 0.6) is 0 Å². The molecular weight excluding hydrogens is 296 g/mol. The smallest absolute Gasteiger partial charge is 0.314 e. The van der Waals surface area contributed by atoms with E-state index in [1.54, 1.807) is 20.8 Å². The van der Waals surface area contributed by atoms with E-state index in [2.05, 4.69) is 0 Å². The molecule has 1 aliphatic rings. The molecule has 0 bridgehead atoms. The van der Waals surface area contributed by atoms with Gasteiger partial charge in [0.1, 0.15) is 0 Å². The van der Waals surface area contributed by atoms with E-state index in [0.29, 0.717) is 6.42 Å². The second-order valence-corrected chi connectivity index (χ2v) is 8.68. The lowest BCUT2D eigenvalue weighted by atomic mass is 9.98. The van der Waals surface area contributed by atoms with Crippen LogP contribution in [0.3, 0.4) is 0 Å². The number of unbranched alkanes of at least 4 members (excludes halogenated alkanes) is 1. The van der Waals surface area contributed by atoms with E-state index in [-0.39, 0.29) is 18.7 Å². The Morgan fingerprint density at radius 3 is 2.55 bits per heavy atom. The zero-order chi connectivity index (χ0) is 15.0. The Labute approximate surface area is 129 Å². The third kappa shape index (κ3) is 7.43. The van der Waals surface area contributed by atoms with Gasteiger partial charge < -0.3 is 9.47 Å². The summed E-state index contributed by atoms with van der Waals surface area (Å²) in [5.41, 5.74) is -0.566. The lowest BCUT2D eigenvalue weighted by molar-refractivity contribution is -0.173. The van der Waals surface area contributed by atoms with Crippen LogP contribution in [0.25, 0.3) is 0 Å². The van der Waals surface area contributed by atoms with Gasteiger partial charge in [-0.3, -0.25) is 9.59 Å². The molecule has 0 saturated carbocycles. The molecule has 6 heteroatoms. The summed E-state index contributed by atoms with van der Waals surface area (Å²) < 4.78 is 9.77. The number of rotatable bonds is 7. The van der Waals surface area contributed by atoms with E-state index in [0.717, 1.165) is 18.1 Å². The summed E-state index contributed by atoms with van der Waals surface area (Å²) in [6, 6.07) is 0. The molecule has 0 radical (unpaired) electrons. The minimum absolute atomic E-state index is 0.274. The number of carbonyl (C=O) groups excluding carboxylic acids is 2. The molecule has 0 aromatic rings. The van der Waals surface area contributed by atoms with Crippen LogP contribution in [-0.2, 0) is 19.1 Å². The van der Waals surface area contributed by atoms with Gasteiger partial charge in [-0.05, 0) is 40.0 Å². The van der Waals surface area contributed by atoms with Crippen LogP contribution in [0.2, 0.25) is 0 Å². The number of ether oxygens (including phenoxy) is 2. The maximum absolute atomic E-state index is 11.4. The summed E-state index contributed by atoms with van der Waals surface area (Å²) in [6.45, 7) is 5.01. The maximum atomic E-state index is 11.4. The minimum Gasteiger partial charge on any atom is -0.428 e. The highest BCUT2D eigenvalue weighted by atomic mass is 33.1. The standard InChI is InChI=1S/C14H24O4S2/c1-14(2,3)13(16)18-10-17-12(15)7-5-4-6-11-8-9-19-20-11/h11H,4-10H2,1-3H3. The monoisotopic (exact) mass is 320 g/mol. The quantitative estimate of drug-likeness (QED) is 0.308. The molecular formula is C14H24O4S2. The molecule has 1 rings (SSSR count).